The number of amides is 1. The first-order chi connectivity index (χ1) is 10.8. The van der Waals surface area contributed by atoms with E-state index in [0.717, 1.165) is 47.8 Å². The number of nitrogens with zero attached hydrogens (tertiary/aromatic N) is 2. The zero-order valence-corrected chi connectivity index (χ0v) is 15.6. The molecule has 0 radical (unpaired) electrons. The fourth-order valence-corrected chi connectivity index (χ4v) is 3.53. The summed E-state index contributed by atoms with van der Waals surface area (Å²) in [5.74, 6) is 1.36. The van der Waals surface area contributed by atoms with Gasteiger partial charge in [0.1, 0.15) is 0 Å². The predicted molar refractivity (Wildman–Crippen MR) is 106 cm³/mol. The molecular weight excluding hydrogens is 365 g/mol. The number of benzene rings is 1. The third-order valence-corrected chi connectivity index (χ3v) is 4.74. The van der Waals surface area contributed by atoms with Crippen molar-refractivity contribution in [1.29, 1.82) is 0 Å². The van der Waals surface area contributed by atoms with Crippen molar-refractivity contribution in [2.75, 3.05) is 22.9 Å². The quantitative estimate of drug-likeness (QED) is 0.814. The molecule has 24 heavy (non-hydrogen) atoms. The molecule has 2 N–H and O–H groups in total. The molecule has 0 aliphatic carbocycles. The van der Waals surface area contributed by atoms with Gasteiger partial charge in [-0.15, -0.1) is 36.6 Å². The summed E-state index contributed by atoms with van der Waals surface area (Å²) in [4.78, 5) is 18.7. The van der Waals surface area contributed by atoms with E-state index in [4.69, 9.17) is 5.73 Å². The van der Waals surface area contributed by atoms with Gasteiger partial charge < -0.3 is 10.6 Å². The van der Waals surface area contributed by atoms with Crippen LogP contribution in [0.1, 0.15) is 17.7 Å². The second-order valence-corrected chi connectivity index (χ2v) is 6.29. The maximum atomic E-state index is 12.5. The Morgan fingerprint density at radius 3 is 2.79 bits per heavy atom. The number of aromatic nitrogens is 1. The Labute approximate surface area is 159 Å². The lowest BCUT2D eigenvalue weighted by molar-refractivity contribution is -0.116. The lowest BCUT2D eigenvalue weighted by Crippen LogP contribution is -2.37. The van der Waals surface area contributed by atoms with Crippen LogP contribution in [0.2, 0.25) is 0 Å². The average molecular weight is 386 g/mol. The molecule has 130 valence electrons. The van der Waals surface area contributed by atoms with Gasteiger partial charge in [-0.1, -0.05) is 12.1 Å². The standard InChI is InChI=1S/C17H19N3OS.2ClH/c18-15-7-3-8-16-14(15)6-4-10-20(16)17(21)12-22-11-13-5-1-2-9-19-13;;/h1-3,5,7-9H,4,6,10-12,18H2;2*1H. The van der Waals surface area contributed by atoms with Crippen LogP contribution in [-0.2, 0) is 17.0 Å². The molecule has 0 atom stereocenters. The molecule has 0 bridgehead atoms. The first-order valence-electron chi connectivity index (χ1n) is 7.41. The van der Waals surface area contributed by atoms with E-state index in [1.165, 1.54) is 0 Å². The topological polar surface area (TPSA) is 59.2 Å². The Morgan fingerprint density at radius 1 is 1.21 bits per heavy atom. The van der Waals surface area contributed by atoms with Gasteiger partial charge in [-0.25, -0.2) is 0 Å². The van der Waals surface area contributed by atoms with Crippen LogP contribution in [0.3, 0.4) is 0 Å². The van der Waals surface area contributed by atoms with Crippen LogP contribution in [0.15, 0.2) is 42.6 Å². The fraction of sp³-hybridized carbons (Fsp3) is 0.294. The van der Waals surface area contributed by atoms with Crippen LogP contribution < -0.4 is 10.6 Å². The molecular formula is C17H21Cl2N3OS. The molecule has 1 aromatic heterocycles. The highest BCUT2D eigenvalue weighted by atomic mass is 35.5. The maximum Gasteiger partial charge on any atom is 0.236 e. The number of nitrogen functional groups attached to an aromatic ring is 1. The molecule has 1 amide bonds. The Morgan fingerprint density at radius 2 is 2.04 bits per heavy atom. The zero-order chi connectivity index (χ0) is 15.4. The Balaban J connectivity index is 0.00000144. The molecule has 7 heteroatoms. The highest BCUT2D eigenvalue weighted by molar-refractivity contribution is 7.99. The van der Waals surface area contributed by atoms with Crippen LogP contribution in [0.4, 0.5) is 11.4 Å². The summed E-state index contributed by atoms with van der Waals surface area (Å²) in [6.07, 6.45) is 3.70. The minimum absolute atomic E-state index is 0. The highest BCUT2D eigenvalue weighted by Crippen LogP contribution is 2.31. The van der Waals surface area contributed by atoms with E-state index >= 15 is 0 Å². The van der Waals surface area contributed by atoms with Gasteiger partial charge in [0.2, 0.25) is 5.91 Å². The number of hydrogen-bond donors (Lipinski definition) is 1. The second-order valence-electron chi connectivity index (χ2n) is 5.31. The number of thioether (sulfide) groups is 1. The molecule has 2 heterocycles. The minimum Gasteiger partial charge on any atom is -0.398 e. The van der Waals surface area contributed by atoms with E-state index in [0.29, 0.717) is 5.75 Å². The van der Waals surface area contributed by atoms with Crippen LogP contribution in [-0.4, -0.2) is 23.2 Å². The van der Waals surface area contributed by atoms with Crippen LogP contribution in [0.5, 0.6) is 0 Å². The molecule has 1 aromatic carbocycles. The summed E-state index contributed by atoms with van der Waals surface area (Å²) < 4.78 is 0. The van der Waals surface area contributed by atoms with Crippen molar-refractivity contribution in [3.05, 3.63) is 53.9 Å². The molecule has 4 nitrogen and oxygen atoms in total. The summed E-state index contributed by atoms with van der Waals surface area (Å²) in [6, 6.07) is 11.7. The monoisotopic (exact) mass is 385 g/mol. The SMILES string of the molecule is Cl.Cl.Nc1cccc2c1CCCN2C(=O)CSCc1ccccn1. The summed E-state index contributed by atoms with van der Waals surface area (Å²) >= 11 is 1.60. The van der Waals surface area contributed by atoms with E-state index in [1.54, 1.807) is 18.0 Å². The molecule has 0 saturated carbocycles. The third-order valence-electron chi connectivity index (χ3n) is 3.79. The molecule has 1 aliphatic heterocycles. The number of pyridine rings is 1. The normalized spacial score (nSPS) is 12.6. The molecule has 1 aliphatic rings. The third kappa shape index (κ3) is 4.79. The Kier molecular flexibility index (Phi) is 8.39. The second kappa shape index (κ2) is 9.77. The van der Waals surface area contributed by atoms with Crippen molar-refractivity contribution in [3.63, 3.8) is 0 Å². The fourth-order valence-electron chi connectivity index (χ4n) is 2.72. The highest BCUT2D eigenvalue weighted by Gasteiger charge is 2.23. The number of anilines is 2. The van der Waals surface area contributed by atoms with E-state index < -0.39 is 0 Å². The lowest BCUT2D eigenvalue weighted by Gasteiger charge is -2.30. The van der Waals surface area contributed by atoms with Crippen molar-refractivity contribution in [2.45, 2.75) is 18.6 Å². The smallest absolute Gasteiger partial charge is 0.236 e. The lowest BCUT2D eigenvalue weighted by atomic mass is 10.00. The van der Waals surface area contributed by atoms with Crippen molar-refractivity contribution >= 4 is 53.9 Å². The number of nitrogens with two attached hydrogens (primary N) is 1. The summed E-state index contributed by atoms with van der Waals surface area (Å²) in [7, 11) is 0. The number of halogens is 2. The van der Waals surface area contributed by atoms with E-state index in [9.17, 15) is 4.79 Å². The molecule has 2 aromatic rings. The average Bonchev–Trinajstić information content (AvgIpc) is 2.56. The van der Waals surface area contributed by atoms with E-state index in [2.05, 4.69) is 4.98 Å². The molecule has 0 unspecified atom stereocenters. The van der Waals surface area contributed by atoms with E-state index in [1.807, 2.05) is 41.3 Å². The molecule has 0 saturated heterocycles. The molecule has 0 spiro atoms. The first kappa shape index (κ1) is 20.6. The number of hydrogen-bond acceptors (Lipinski definition) is 4. The summed E-state index contributed by atoms with van der Waals surface area (Å²) in [6.45, 7) is 0.777. The van der Waals surface area contributed by atoms with Gasteiger partial charge in [-0.3, -0.25) is 9.78 Å². The predicted octanol–water partition coefficient (Wildman–Crippen LogP) is 3.72. The summed E-state index contributed by atoms with van der Waals surface area (Å²) in [5.41, 5.74) is 9.91. The van der Waals surface area contributed by atoms with Crippen LogP contribution in [0, 0.1) is 0 Å². The minimum atomic E-state index is 0. The molecule has 0 fully saturated rings. The van der Waals surface area contributed by atoms with Gasteiger partial charge in [0.05, 0.1) is 11.4 Å². The number of fused-ring (bicyclic) bond motifs is 1. The van der Waals surface area contributed by atoms with Gasteiger partial charge in [-0.05, 0) is 42.7 Å². The van der Waals surface area contributed by atoms with E-state index in [-0.39, 0.29) is 30.7 Å². The first-order valence-corrected chi connectivity index (χ1v) is 8.56. The Hall–Kier alpha value is -1.43. The van der Waals surface area contributed by atoms with Gasteiger partial charge >= 0.3 is 0 Å². The van der Waals surface area contributed by atoms with Gasteiger partial charge in [0, 0.05) is 29.9 Å². The van der Waals surface area contributed by atoms with Gasteiger partial charge in [0.15, 0.2) is 0 Å². The number of carbonyl (C=O) groups excluding carboxylic acids is 1. The number of rotatable bonds is 4. The zero-order valence-electron chi connectivity index (χ0n) is 13.2. The van der Waals surface area contributed by atoms with Crippen molar-refractivity contribution < 1.29 is 4.79 Å². The largest absolute Gasteiger partial charge is 0.398 e. The van der Waals surface area contributed by atoms with Gasteiger partial charge in [0.25, 0.3) is 0 Å². The summed E-state index contributed by atoms with van der Waals surface area (Å²) in [5, 5.41) is 0. The van der Waals surface area contributed by atoms with Crippen LogP contribution >= 0.6 is 36.6 Å². The van der Waals surface area contributed by atoms with Gasteiger partial charge in [-0.2, -0.15) is 0 Å². The van der Waals surface area contributed by atoms with Crippen molar-refractivity contribution in [3.8, 4) is 0 Å². The molecule has 3 rings (SSSR count). The Bertz CT molecular complexity index is 670. The maximum absolute atomic E-state index is 12.5. The van der Waals surface area contributed by atoms with Crippen molar-refractivity contribution in [2.24, 2.45) is 0 Å². The van der Waals surface area contributed by atoms with Crippen LogP contribution in [0.25, 0.3) is 0 Å². The van der Waals surface area contributed by atoms with Crippen molar-refractivity contribution in [1.82, 2.24) is 4.98 Å². The number of carbonyl (C=O) groups is 1.